The highest BCUT2D eigenvalue weighted by atomic mass is 35.5. The fourth-order valence-electron chi connectivity index (χ4n) is 3.07. The SMILES string of the molecule is Cl.Nc1ccc2c(c1)CCCC2NC(=O)Cc1ccc(Cl)cc1Cl. The predicted octanol–water partition coefficient (Wildman–Crippen LogP) is 4.73. The molecule has 1 aliphatic carbocycles. The summed E-state index contributed by atoms with van der Waals surface area (Å²) in [5, 5.41) is 4.20. The zero-order valence-corrected chi connectivity index (χ0v) is 15.3. The normalized spacial score (nSPS) is 16.0. The van der Waals surface area contributed by atoms with E-state index in [1.54, 1.807) is 18.2 Å². The van der Waals surface area contributed by atoms with E-state index >= 15 is 0 Å². The van der Waals surface area contributed by atoms with Gasteiger partial charge in [0.25, 0.3) is 0 Å². The zero-order chi connectivity index (χ0) is 16.4. The predicted molar refractivity (Wildman–Crippen MR) is 102 cm³/mol. The van der Waals surface area contributed by atoms with Gasteiger partial charge in [0.05, 0.1) is 12.5 Å². The number of nitrogens with one attached hydrogen (secondary N) is 1. The minimum atomic E-state index is -0.0381. The molecule has 2 aromatic carbocycles. The first-order chi connectivity index (χ1) is 11.0. The van der Waals surface area contributed by atoms with Crippen LogP contribution in [0.4, 0.5) is 5.69 Å². The number of nitrogens with two attached hydrogens (primary N) is 1. The summed E-state index contributed by atoms with van der Waals surface area (Å²) >= 11 is 12.0. The van der Waals surface area contributed by atoms with Gasteiger partial charge in [-0.2, -0.15) is 0 Å². The Kier molecular flexibility index (Phi) is 6.39. The maximum absolute atomic E-state index is 12.4. The van der Waals surface area contributed by atoms with Crippen molar-refractivity contribution in [2.24, 2.45) is 0 Å². The van der Waals surface area contributed by atoms with Gasteiger partial charge in [-0.25, -0.2) is 0 Å². The van der Waals surface area contributed by atoms with Gasteiger partial charge in [0.15, 0.2) is 0 Å². The molecule has 3 nitrogen and oxygen atoms in total. The third-order valence-electron chi connectivity index (χ3n) is 4.18. The van der Waals surface area contributed by atoms with Crippen molar-refractivity contribution in [3.05, 3.63) is 63.1 Å². The number of hydrogen-bond acceptors (Lipinski definition) is 2. The van der Waals surface area contributed by atoms with Crippen LogP contribution in [0.25, 0.3) is 0 Å². The second-order valence-corrected chi connectivity index (χ2v) is 6.73. The molecular weight excluding hydrogens is 367 g/mol. The smallest absolute Gasteiger partial charge is 0.224 e. The molecule has 3 N–H and O–H groups in total. The first kappa shape index (κ1) is 18.9. The summed E-state index contributed by atoms with van der Waals surface area (Å²) in [5.41, 5.74) is 9.79. The van der Waals surface area contributed by atoms with Gasteiger partial charge in [-0.3, -0.25) is 4.79 Å². The van der Waals surface area contributed by atoms with Crippen LogP contribution in [0.5, 0.6) is 0 Å². The molecule has 0 radical (unpaired) electrons. The molecule has 1 aliphatic rings. The lowest BCUT2D eigenvalue weighted by Crippen LogP contribution is -2.32. The quantitative estimate of drug-likeness (QED) is 0.750. The molecule has 24 heavy (non-hydrogen) atoms. The number of carbonyl (C=O) groups excluding carboxylic acids is 1. The largest absolute Gasteiger partial charge is 0.399 e. The number of rotatable bonds is 3. The summed E-state index contributed by atoms with van der Waals surface area (Å²) in [5.74, 6) is -0.0381. The minimum Gasteiger partial charge on any atom is -0.399 e. The first-order valence-electron chi connectivity index (χ1n) is 7.64. The average Bonchev–Trinajstić information content (AvgIpc) is 2.50. The number of amides is 1. The van der Waals surface area contributed by atoms with E-state index in [4.69, 9.17) is 28.9 Å². The molecule has 128 valence electrons. The fourth-order valence-corrected chi connectivity index (χ4v) is 3.54. The number of nitrogen functional groups attached to an aromatic ring is 1. The Bertz CT molecular complexity index is 749. The van der Waals surface area contributed by atoms with Crippen molar-refractivity contribution < 1.29 is 4.79 Å². The highest BCUT2D eigenvalue weighted by Gasteiger charge is 2.22. The third kappa shape index (κ3) is 4.35. The van der Waals surface area contributed by atoms with Gasteiger partial charge in [0.2, 0.25) is 5.91 Å². The standard InChI is InChI=1S/C18H18Cl2N2O.ClH/c19-13-5-4-12(16(20)10-13)9-18(23)22-17-3-1-2-11-8-14(21)6-7-15(11)17;/h4-8,10,17H,1-3,9,21H2,(H,22,23);1H. The number of carbonyl (C=O) groups is 1. The second-order valence-electron chi connectivity index (χ2n) is 5.88. The number of benzene rings is 2. The van der Waals surface area contributed by atoms with Crippen LogP contribution in [0.15, 0.2) is 36.4 Å². The van der Waals surface area contributed by atoms with E-state index < -0.39 is 0 Å². The highest BCUT2D eigenvalue weighted by Crippen LogP contribution is 2.31. The van der Waals surface area contributed by atoms with Gasteiger partial charge in [-0.15, -0.1) is 12.4 Å². The number of aryl methyl sites for hydroxylation is 1. The molecule has 0 aliphatic heterocycles. The van der Waals surface area contributed by atoms with Crippen molar-refractivity contribution in [2.45, 2.75) is 31.7 Å². The van der Waals surface area contributed by atoms with E-state index in [2.05, 4.69) is 5.32 Å². The average molecular weight is 386 g/mol. The van der Waals surface area contributed by atoms with Crippen LogP contribution in [-0.2, 0) is 17.6 Å². The summed E-state index contributed by atoms with van der Waals surface area (Å²) in [7, 11) is 0. The molecule has 2 aromatic rings. The first-order valence-corrected chi connectivity index (χ1v) is 8.40. The molecule has 0 aromatic heterocycles. The number of fused-ring (bicyclic) bond motifs is 1. The lowest BCUT2D eigenvalue weighted by molar-refractivity contribution is -0.121. The van der Waals surface area contributed by atoms with Crippen LogP contribution in [-0.4, -0.2) is 5.91 Å². The second kappa shape index (κ2) is 8.11. The molecule has 0 saturated heterocycles. The summed E-state index contributed by atoms with van der Waals surface area (Å²) in [6.45, 7) is 0. The molecule has 0 spiro atoms. The highest BCUT2D eigenvalue weighted by molar-refractivity contribution is 6.35. The Morgan fingerprint density at radius 1 is 1.21 bits per heavy atom. The molecule has 0 heterocycles. The van der Waals surface area contributed by atoms with Gasteiger partial charge in [0.1, 0.15) is 0 Å². The van der Waals surface area contributed by atoms with Crippen molar-refractivity contribution in [2.75, 3.05) is 5.73 Å². The number of anilines is 1. The molecule has 1 amide bonds. The van der Waals surface area contributed by atoms with E-state index in [-0.39, 0.29) is 30.8 Å². The molecule has 0 bridgehead atoms. The Morgan fingerprint density at radius 3 is 2.75 bits per heavy atom. The van der Waals surface area contributed by atoms with Crippen LogP contribution < -0.4 is 11.1 Å². The van der Waals surface area contributed by atoms with E-state index in [9.17, 15) is 4.79 Å². The summed E-state index contributed by atoms with van der Waals surface area (Å²) < 4.78 is 0. The van der Waals surface area contributed by atoms with Crippen molar-refractivity contribution >= 4 is 47.2 Å². The van der Waals surface area contributed by atoms with Crippen molar-refractivity contribution in [3.63, 3.8) is 0 Å². The Hall–Kier alpha value is -1.42. The Balaban J connectivity index is 0.00000208. The molecule has 3 rings (SSSR count). The van der Waals surface area contributed by atoms with Crippen molar-refractivity contribution in [1.29, 1.82) is 0 Å². The van der Waals surface area contributed by atoms with Gasteiger partial charge in [0, 0.05) is 15.7 Å². The Morgan fingerprint density at radius 2 is 2.00 bits per heavy atom. The molecular formula is C18H19Cl3N2O. The van der Waals surface area contributed by atoms with Gasteiger partial charge in [-0.05, 0) is 60.2 Å². The van der Waals surface area contributed by atoms with E-state index in [1.807, 2.05) is 18.2 Å². The summed E-state index contributed by atoms with van der Waals surface area (Å²) in [6, 6.07) is 11.1. The lowest BCUT2D eigenvalue weighted by atomic mass is 9.87. The maximum Gasteiger partial charge on any atom is 0.224 e. The van der Waals surface area contributed by atoms with Gasteiger partial charge < -0.3 is 11.1 Å². The number of halogens is 3. The van der Waals surface area contributed by atoms with Crippen LogP contribution in [0.1, 0.15) is 35.6 Å². The van der Waals surface area contributed by atoms with Gasteiger partial charge >= 0.3 is 0 Å². The maximum atomic E-state index is 12.4. The monoisotopic (exact) mass is 384 g/mol. The minimum absolute atomic E-state index is 0. The molecule has 0 saturated carbocycles. The third-order valence-corrected chi connectivity index (χ3v) is 4.77. The van der Waals surface area contributed by atoms with Crippen molar-refractivity contribution in [3.8, 4) is 0 Å². The fraction of sp³-hybridized carbons (Fsp3) is 0.278. The van der Waals surface area contributed by atoms with Crippen LogP contribution in [0.2, 0.25) is 10.0 Å². The lowest BCUT2D eigenvalue weighted by Gasteiger charge is -2.26. The molecule has 0 fully saturated rings. The molecule has 1 unspecified atom stereocenters. The number of hydrogen-bond donors (Lipinski definition) is 2. The van der Waals surface area contributed by atoms with Crippen LogP contribution in [0, 0.1) is 0 Å². The van der Waals surface area contributed by atoms with Crippen molar-refractivity contribution in [1.82, 2.24) is 5.32 Å². The van der Waals surface area contributed by atoms with Crippen LogP contribution in [0.3, 0.4) is 0 Å². The summed E-state index contributed by atoms with van der Waals surface area (Å²) in [6.07, 6.45) is 3.24. The topological polar surface area (TPSA) is 55.1 Å². The zero-order valence-electron chi connectivity index (χ0n) is 13.0. The molecule has 1 atom stereocenters. The van der Waals surface area contributed by atoms with E-state index in [1.165, 1.54) is 11.1 Å². The Labute approximate surface area is 157 Å². The van der Waals surface area contributed by atoms with E-state index in [0.29, 0.717) is 10.0 Å². The van der Waals surface area contributed by atoms with E-state index in [0.717, 1.165) is 30.5 Å². The summed E-state index contributed by atoms with van der Waals surface area (Å²) in [4.78, 5) is 12.4. The van der Waals surface area contributed by atoms with Gasteiger partial charge in [-0.1, -0.05) is 35.3 Å². The molecule has 6 heteroatoms. The van der Waals surface area contributed by atoms with Crippen LogP contribution >= 0.6 is 35.6 Å².